The fourth-order valence-electron chi connectivity index (χ4n) is 3.26. The van der Waals surface area contributed by atoms with Gasteiger partial charge in [-0.3, -0.25) is 14.2 Å². The molecule has 3 aromatic rings. The van der Waals surface area contributed by atoms with Gasteiger partial charge in [0.1, 0.15) is 11.0 Å². The third-order valence-electron chi connectivity index (χ3n) is 4.94. The van der Waals surface area contributed by atoms with Crippen molar-refractivity contribution in [2.24, 2.45) is 7.05 Å². The van der Waals surface area contributed by atoms with Crippen LogP contribution in [0.3, 0.4) is 0 Å². The first-order chi connectivity index (χ1) is 13.8. The number of benzene rings is 1. The van der Waals surface area contributed by atoms with Gasteiger partial charge in [0.25, 0.3) is 5.56 Å². The molecule has 3 rings (SSSR count). The Morgan fingerprint density at radius 3 is 2.52 bits per heavy atom. The molecule has 0 aliphatic heterocycles. The van der Waals surface area contributed by atoms with E-state index in [1.165, 1.54) is 11.8 Å². The molecule has 7 heteroatoms. The van der Waals surface area contributed by atoms with Crippen LogP contribution in [0.2, 0.25) is 0 Å². The molecule has 0 spiro atoms. The van der Waals surface area contributed by atoms with E-state index in [9.17, 15) is 9.59 Å². The van der Waals surface area contributed by atoms with E-state index in [0.717, 1.165) is 17.5 Å². The van der Waals surface area contributed by atoms with Crippen LogP contribution in [0, 0.1) is 0 Å². The lowest BCUT2D eigenvalue weighted by molar-refractivity contribution is -0.119. The molecule has 0 aliphatic carbocycles. The number of aryl methyl sites for hydroxylation is 1. The molecule has 6 nitrogen and oxygen atoms in total. The first kappa shape index (κ1) is 21.2. The van der Waals surface area contributed by atoms with Gasteiger partial charge in [0, 0.05) is 30.9 Å². The average molecular weight is 413 g/mol. The maximum atomic E-state index is 13.3. The normalized spacial score (nSPS) is 12.5. The Kier molecular flexibility index (Phi) is 6.47. The van der Waals surface area contributed by atoms with Gasteiger partial charge in [-0.1, -0.05) is 49.0 Å². The first-order valence-corrected chi connectivity index (χ1v) is 10.9. The van der Waals surface area contributed by atoms with Gasteiger partial charge < -0.3 is 9.88 Å². The van der Waals surface area contributed by atoms with Crippen LogP contribution in [0.1, 0.15) is 40.2 Å². The van der Waals surface area contributed by atoms with Gasteiger partial charge in [0.15, 0.2) is 5.16 Å². The lowest BCUT2D eigenvalue weighted by atomic mass is 10.1. The monoisotopic (exact) mass is 412 g/mol. The second-order valence-corrected chi connectivity index (χ2v) is 8.49. The van der Waals surface area contributed by atoms with Crippen molar-refractivity contribution in [1.29, 1.82) is 0 Å². The van der Waals surface area contributed by atoms with Gasteiger partial charge in [-0.25, -0.2) is 4.98 Å². The van der Waals surface area contributed by atoms with Crippen molar-refractivity contribution >= 4 is 28.7 Å². The molecule has 0 saturated heterocycles. The second kappa shape index (κ2) is 8.86. The Balaban J connectivity index is 2.08. The molecule has 0 saturated carbocycles. The zero-order valence-corrected chi connectivity index (χ0v) is 18.4. The van der Waals surface area contributed by atoms with Crippen LogP contribution in [-0.2, 0) is 11.8 Å². The van der Waals surface area contributed by atoms with Gasteiger partial charge in [-0.15, -0.1) is 0 Å². The number of hydrogen-bond donors (Lipinski definition) is 1. The van der Waals surface area contributed by atoms with Crippen molar-refractivity contribution in [3.8, 4) is 11.1 Å². The minimum Gasteiger partial charge on any atom is -0.353 e. The number of carbonyl (C=O) groups is 1. The van der Waals surface area contributed by atoms with Crippen molar-refractivity contribution in [3.05, 3.63) is 46.9 Å². The Morgan fingerprint density at radius 2 is 1.90 bits per heavy atom. The van der Waals surface area contributed by atoms with Crippen LogP contribution in [0.15, 0.2) is 46.5 Å². The molecule has 1 amide bonds. The summed E-state index contributed by atoms with van der Waals surface area (Å²) in [6, 6.07) is 9.99. The maximum absolute atomic E-state index is 13.3. The average Bonchev–Trinajstić information content (AvgIpc) is 3.03. The molecule has 2 heterocycles. The van der Waals surface area contributed by atoms with Crippen LogP contribution < -0.4 is 10.9 Å². The molecule has 29 heavy (non-hydrogen) atoms. The number of hydrogen-bond acceptors (Lipinski definition) is 4. The van der Waals surface area contributed by atoms with Gasteiger partial charge in [-0.05, 0) is 32.8 Å². The third-order valence-corrected chi connectivity index (χ3v) is 5.90. The summed E-state index contributed by atoms with van der Waals surface area (Å²) in [6.45, 7) is 7.93. The number of thioether (sulfide) groups is 1. The third kappa shape index (κ3) is 4.40. The smallest absolute Gasteiger partial charge is 0.278 e. The number of amides is 1. The van der Waals surface area contributed by atoms with E-state index in [0.29, 0.717) is 16.2 Å². The predicted molar refractivity (Wildman–Crippen MR) is 119 cm³/mol. The van der Waals surface area contributed by atoms with Crippen LogP contribution >= 0.6 is 11.8 Å². The number of nitrogens with zero attached hydrogens (tertiary/aromatic N) is 3. The highest BCUT2D eigenvalue weighted by Crippen LogP contribution is 2.29. The highest BCUT2D eigenvalue weighted by atomic mass is 32.2. The first-order valence-electron chi connectivity index (χ1n) is 9.92. The topological polar surface area (TPSA) is 68.9 Å². The van der Waals surface area contributed by atoms with E-state index in [4.69, 9.17) is 4.98 Å². The molecule has 1 aromatic carbocycles. The van der Waals surface area contributed by atoms with Crippen molar-refractivity contribution < 1.29 is 4.79 Å². The van der Waals surface area contributed by atoms with Crippen molar-refractivity contribution in [1.82, 2.24) is 19.4 Å². The van der Waals surface area contributed by atoms with Crippen molar-refractivity contribution in [2.45, 2.75) is 51.4 Å². The SMILES string of the molecule is CC[C@@H](C)NC(=O)CSc1nc2c(-c3ccccc3)cn(C)c2c(=O)n1C(C)C. The molecular weight excluding hydrogens is 384 g/mol. The summed E-state index contributed by atoms with van der Waals surface area (Å²) in [5.74, 6) is 0.174. The van der Waals surface area contributed by atoms with Gasteiger partial charge >= 0.3 is 0 Å². The van der Waals surface area contributed by atoms with E-state index in [2.05, 4.69) is 5.32 Å². The molecular formula is C22H28N4O2S. The number of rotatable bonds is 7. The Morgan fingerprint density at radius 1 is 1.21 bits per heavy atom. The van der Waals surface area contributed by atoms with Crippen molar-refractivity contribution in [2.75, 3.05) is 5.75 Å². The predicted octanol–water partition coefficient (Wildman–Crippen LogP) is 3.99. The summed E-state index contributed by atoms with van der Waals surface area (Å²) < 4.78 is 3.52. The minimum absolute atomic E-state index is 0.0506. The van der Waals surface area contributed by atoms with Gasteiger partial charge in [0.2, 0.25) is 5.91 Å². The molecule has 0 aliphatic rings. The fraction of sp³-hybridized carbons (Fsp3) is 0.409. The Hall–Kier alpha value is -2.54. The number of aromatic nitrogens is 3. The summed E-state index contributed by atoms with van der Waals surface area (Å²) >= 11 is 1.31. The van der Waals surface area contributed by atoms with Crippen LogP contribution in [0.4, 0.5) is 0 Å². The van der Waals surface area contributed by atoms with Crippen LogP contribution in [0.25, 0.3) is 22.2 Å². The van der Waals surface area contributed by atoms with Gasteiger partial charge in [-0.2, -0.15) is 0 Å². The molecule has 0 fully saturated rings. The minimum atomic E-state index is -0.0838. The lowest BCUT2D eigenvalue weighted by Crippen LogP contribution is -2.33. The number of nitrogens with one attached hydrogen (secondary N) is 1. The standard InChI is InChI=1S/C22H28N4O2S/c1-6-15(4)23-18(27)13-29-22-24-19-17(16-10-8-7-9-11-16)12-25(5)20(19)21(28)26(22)14(2)3/h7-12,14-15H,6,13H2,1-5H3,(H,23,27)/t15-/m1/s1. The Bertz CT molecular complexity index is 1070. The number of carbonyl (C=O) groups excluding carboxylic acids is 1. The van der Waals surface area contributed by atoms with E-state index in [1.807, 2.05) is 75.8 Å². The molecule has 1 atom stereocenters. The zero-order chi connectivity index (χ0) is 21.1. The van der Waals surface area contributed by atoms with Crippen molar-refractivity contribution in [3.63, 3.8) is 0 Å². The lowest BCUT2D eigenvalue weighted by Gasteiger charge is -2.16. The van der Waals surface area contributed by atoms with Crippen LogP contribution in [-0.4, -0.2) is 31.8 Å². The number of fused-ring (bicyclic) bond motifs is 1. The van der Waals surface area contributed by atoms with Gasteiger partial charge in [0.05, 0.1) is 5.75 Å². The summed E-state index contributed by atoms with van der Waals surface area (Å²) in [4.78, 5) is 30.4. The molecule has 0 radical (unpaired) electrons. The quantitative estimate of drug-likeness (QED) is 0.471. The summed E-state index contributed by atoms with van der Waals surface area (Å²) in [7, 11) is 1.87. The molecule has 2 aromatic heterocycles. The van der Waals surface area contributed by atoms with E-state index in [1.54, 1.807) is 4.57 Å². The maximum Gasteiger partial charge on any atom is 0.278 e. The largest absolute Gasteiger partial charge is 0.353 e. The molecule has 154 valence electrons. The highest BCUT2D eigenvalue weighted by Gasteiger charge is 2.20. The van der Waals surface area contributed by atoms with E-state index in [-0.39, 0.29) is 29.3 Å². The van der Waals surface area contributed by atoms with Crippen LogP contribution in [0.5, 0.6) is 0 Å². The highest BCUT2D eigenvalue weighted by molar-refractivity contribution is 7.99. The fourth-order valence-corrected chi connectivity index (χ4v) is 4.20. The van der Waals surface area contributed by atoms with E-state index >= 15 is 0 Å². The molecule has 0 unspecified atom stereocenters. The summed E-state index contributed by atoms with van der Waals surface area (Å²) in [5.41, 5.74) is 3.09. The van der Waals surface area contributed by atoms with E-state index < -0.39 is 0 Å². The summed E-state index contributed by atoms with van der Waals surface area (Å²) in [5, 5.41) is 3.53. The zero-order valence-electron chi connectivity index (χ0n) is 17.6. The molecule has 0 bridgehead atoms. The molecule has 1 N–H and O–H groups in total. The second-order valence-electron chi connectivity index (χ2n) is 7.55. The summed E-state index contributed by atoms with van der Waals surface area (Å²) in [6.07, 6.45) is 2.82. The Labute approximate surface area is 175 Å².